The average Bonchev–Trinajstić information content (AvgIpc) is 2.80. The fourth-order valence-electron chi connectivity index (χ4n) is 4.26. The summed E-state index contributed by atoms with van der Waals surface area (Å²) in [5, 5.41) is -0.368. The predicted molar refractivity (Wildman–Crippen MR) is 143 cm³/mol. The molecule has 196 valence electrons. The van der Waals surface area contributed by atoms with E-state index < -0.39 is 21.5 Å². The van der Waals surface area contributed by atoms with Crippen LogP contribution in [0.5, 0.6) is 11.6 Å². The molecule has 0 saturated heterocycles. The summed E-state index contributed by atoms with van der Waals surface area (Å²) in [5.41, 5.74) is 9.47. The summed E-state index contributed by atoms with van der Waals surface area (Å²) in [4.78, 5) is 21.7. The van der Waals surface area contributed by atoms with Crippen LogP contribution in [-0.4, -0.2) is 36.5 Å². The van der Waals surface area contributed by atoms with Gasteiger partial charge >= 0.3 is 0 Å². The van der Waals surface area contributed by atoms with Crippen molar-refractivity contribution < 1.29 is 24.1 Å². The topological polar surface area (TPSA) is 134 Å². The first-order valence-corrected chi connectivity index (χ1v) is 13.3. The van der Waals surface area contributed by atoms with Crippen molar-refractivity contribution in [2.45, 2.75) is 51.7 Å². The van der Waals surface area contributed by atoms with Gasteiger partial charge in [0.05, 0.1) is 17.9 Å². The van der Waals surface area contributed by atoms with E-state index in [1.807, 2.05) is 52.8 Å². The number of nitrogen functional groups attached to an aromatic ring is 1. The second-order valence-electron chi connectivity index (χ2n) is 9.59. The van der Waals surface area contributed by atoms with E-state index in [0.29, 0.717) is 24.5 Å². The minimum Gasteiger partial charge on any atom is -0.438 e. The number of ether oxygens (including phenoxy) is 2. The summed E-state index contributed by atoms with van der Waals surface area (Å²) < 4.78 is 39.7. The van der Waals surface area contributed by atoms with Crippen molar-refractivity contribution in [3.8, 4) is 11.6 Å². The molecule has 2 aromatic heterocycles. The highest BCUT2D eigenvalue weighted by atomic mass is 32.2. The lowest BCUT2D eigenvalue weighted by Gasteiger charge is -2.28. The monoisotopic (exact) mass is 524 g/mol. The normalized spacial score (nSPS) is 15.1. The zero-order chi connectivity index (χ0) is 27.0. The number of amides is 1. The molecule has 9 nitrogen and oxygen atoms in total. The first-order valence-electron chi connectivity index (χ1n) is 11.8. The van der Waals surface area contributed by atoms with E-state index >= 15 is 0 Å². The number of benzene rings is 1. The molecule has 0 spiro atoms. The van der Waals surface area contributed by atoms with Crippen molar-refractivity contribution >= 4 is 27.3 Å². The minimum atomic E-state index is -4.29. The van der Waals surface area contributed by atoms with Gasteiger partial charge in [0.25, 0.3) is 15.9 Å². The summed E-state index contributed by atoms with van der Waals surface area (Å²) in [6, 6.07) is 11.3. The Balaban J connectivity index is 0.00000400. The molecule has 0 saturated carbocycles. The van der Waals surface area contributed by atoms with Crippen molar-refractivity contribution in [2.75, 3.05) is 12.3 Å². The number of nitrogens with zero attached hydrogens (tertiary/aromatic N) is 2. The van der Waals surface area contributed by atoms with Crippen molar-refractivity contribution in [2.24, 2.45) is 0 Å². The molecule has 1 aromatic carbocycles. The van der Waals surface area contributed by atoms with Gasteiger partial charge in [0.1, 0.15) is 17.1 Å². The molecular weight excluding hydrogens is 492 g/mol. The Hall–Kier alpha value is -3.76. The van der Waals surface area contributed by atoms with Crippen LogP contribution in [0.15, 0.2) is 53.6 Å². The van der Waals surface area contributed by atoms with Crippen LogP contribution in [0.4, 0.5) is 5.82 Å². The largest absolute Gasteiger partial charge is 0.438 e. The molecule has 0 aliphatic carbocycles. The van der Waals surface area contributed by atoms with Crippen LogP contribution >= 0.6 is 0 Å². The number of hydrogen-bond acceptors (Lipinski definition) is 8. The number of aromatic nitrogens is 2. The summed E-state index contributed by atoms with van der Waals surface area (Å²) >= 11 is 0. The molecule has 3 heterocycles. The summed E-state index contributed by atoms with van der Waals surface area (Å²) in [6.45, 7) is 10.2. The van der Waals surface area contributed by atoms with Gasteiger partial charge in [0, 0.05) is 1.43 Å². The smallest absolute Gasteiger partial charge is 0.281 e. The molecule has 1 amide bonds. The molecule has 1 aliphatic rings. The second kappa shape index (κ2) is 9.95. The van der Waals surface area contributed by atoms with Gasteiger partial charge in [-0.1, -0.05) is 23.8 Å². The van der Waals surface area contributed by atoms with E-state index in [2.05, 4.69) is 14.7 Å². The molecule has 1 aliphatic heterocycles. The number of pyridine rings is 2. The van der Waals surface area contributed by atoms with E-state index in [1.54, 1.807) is 6.07 Å². The van der Waals surface area contributed by atoms with E-state index in [4.69, 9.17) is 15.2 Å². The first-order chi connectivity index (χ1) is 17.3. The third-order valence-corrected chi connectivity index (χ3v) is 7.08. The molecule has 37 heavy (non-hydrogen) atoms. The molecule has 0 atom stereocenters. The SMILES string of the molecule is Cc1cc(C)c(Oc2nc(C3=CC(C)(C)OCC3)ccc2C(=O)NS(=O)(=O)c2cccc(N)n2)c(C)c1.[HH]. The molecule has 0 bridgehead atoms. The minimum absolute atomic E-state index is 0. The Morgan fingerprint density at radius 3 is 2.46 bits per heavy atom. The van der Waals surface area contributed by atoms with Gasteiger partial charge in [-0.15, -0.1) is 0 Å². The van der Waals surface area contributed by atoms with Gasteiger partial charge in [-0.25, -0.2) is 14.7 Å². The fourth-order valence-corrected chi connectivity index (χ4v) is 5.21. The Morgan fingerprint density at radius 1 is 1.11 bits per heavy atom. The maximum Gasteiger partial charge on any atom is 0.281 e. The number of carbonyl (C=O) groups excluding carboxylic acids is 1. The third-order valence-electron chi connectivity index (χ3n) is 5.85. The molecule has 0 radical (unpaired) electrons. The Labute approximate surface area is 218 Å². The van der Waals surface area contributed by atoms with Gasteiger partial charge < -0.3 is 15.2 Å². The quantitative estimate of drug-likeness (QED) is 0.473. The van der Waals surface area contributed by atoms with Gasteiger partial charge in [-0.2, -0.15) is 8.42 Å². The number of rotatable bonds is 6. The molecule has 10 heteroatoms. The highest BCUT2D eigenvalue weighted by Gasteiger charge is 2.27. The molecule has 4 rings (SSSR count). The maximum absolute atomic E-state index is 13.2. The van der Waals surface area contributed by atoms with E-state index in [-0.39, 0.29) is 23.7 Å². The van der Waals surface area contributed by atoms with Gasteiger partial charge in [0.2, 0.25) is 5.88 Å². The van der Waals surface area contributed by atoms with Crippen molar-refractivity contribution in [3.05, 3.63) is 76.5 Å². The third kappa shape index (κ3) is 5.98. The summed E-state index contributed by atoms with van der Waals surface area (Å²) in [5.74, 6) is -0.345. The highest BCUT2D eigenvalue weighted by Crippen LogP contribution is 2.34. The number of nitrogens with one attached hydrogen (secondary N) is 1. The van der Waals surface area contributed by atoms with Crippen LogP contribution in [0.2, 0.25) is 0 Å². The number of aryl methyl sites for hydroxylation is 3. The van der Waals surface area contributed by atoms with Gasteiger partial charge in [-0.3, -0.25) is 4.79 Å². The molecule has 0 unspecified atom stereocenters. The zero-order valence-corrected chi connectivity index (χ0v) is 22.3. The lowest BCUT2D eigenvalue weighted by molar-refractivity contribution is 0.0164. The molecule has 0 fully saturated rings. The van der Waals surface area contributed by atoms with E-state index in [0.717, 1.165) is 22.3 Å². The molecule has 3 aromatic rings. The molecular formula is C27H32N4O5S. The average molecular weight is 525 g/mol. The molecule has 3 N–H and O–H groups in total. The number of nitrogens with two attached hydrogens (primary N) is 1. The number of carbonyl (C=O) groups is 1. The lowest BCUT2D eigenvalue weighted by atomic mass is 9.97. The van der Waals surface area contributed by atoms with Gasteiger partial charge in [-0.05, 0) is 88.1 Å². The summed E-state index contributed by atoms with van der Waals surface area (Å²) in [6.07, 6.45) is 2.63. The van der Waals surface area contributed by atoms with Crippen molar-refractivity contribution in [1.29, 1.82) is 0 Å². The Morgan fingerprint density at radius 2 is 1.81 bits per heavy atom. The second-order valence-corrected chi connectivity index (χ2v) is 11.2. The first kappa shape index (κ1) is 26.3. The van der Waals surface area contributed by atoms with Gasteiger partial charge in [0.15, 0.2) is 5.03 Å². The Kier molecular flexibility index (Phi) is 7.07. The van der Waals surface area contributed by atoms with Crippen LogP contribution in [0.1, 0.15) is 54.4 Å². The van der Waals surface area contributed by atoms with E-state index in [9.17, 15) is 13.2 Å². The Bertz CT molecular complexity index is 1500. The van der Waals surface area contributed by atoms with Crippen LogP contribution in [-0.2, 0) is 14.8 Å². The van der Waals surface area contributed by atoms with Crippen LogP contribution in [0.25, 0.3) is 5.57 Å². The van der Waals surface area contributed by atoms with E-state index in [1.165, 1.54) is 24.3 Å². The number of anilines is 1. The highest BCUT2D eigenvalue weighted by molar-refractivity contribution is 7.90. The predicted octanol–water partition coefficient (Wildman–Crippen LogP) is 4.72. The maximum atomic E-state index is 13.2. The number of sulfonamides is 1. The van der Waals surface area contributed by atoms with Crippen LogP contribution in [0, 0.1) is 20.8 Å². The lowest BCUT2D eigenvalue weighted by Crippen LogP contribution is -2.31. The zero-order valence-electron chi connectivity index (χ0n) is 21.5. The van der Waals surface area contributed by atoms with Crippen LogP contribution in [0.3, 0.4) is 0 Å². The fraction of sp³-hybridized carbons (Fsp3) is 0.296. The van der Waals surface area contributed by atoms with Crippen molar-refractivity contribution in [3.63, 3.8) is 0 Å². The van der Waals surface area contributed by atoms with Crippen molar-refractivity contribution in [1.82, 2.24) is 14.7 Å². The standard InChI is InChI=1S/C27H30N4O5S.H2/c1-16-13-17(2)24(18(3)14-16)36-26-20(9-10-21(29-26)19-11-12-35-27(4,5)15-19)25(32)31-37(33,34)23-8-6-7-22(28)30-23;/h6-10,13-15H,11-12H2,1-5H3,(H2,28,30)(H,31,32);1H. The number of hydrogen-bond donors (Lipinski definition) is 2. The van der Waals surface area contributed by atoms with Crippen LogP contribution < -0.4 is 15.2 Å². The summed E-state index contributed by atoms with van der Waals surface area (Å²) in [7, 11) is -4.29.